The van der Waals surface area contributed by atoms with E-state index in [1.54, 1.807) is 23.1 Å². The summed E-state index contributed by atoms with van der Waals surface area (Å²) in [5.41, 5.74) is 1.13. The van der Waals surface area contributed by atoms with E-state index in [4.69, 9.17) is 11.6 Å². The number of benzene rings is 1. The molecule has 1 aromatic carbocycles. The average molecular weight is 321 g/mol. The fourth-order valence-electron chi connectivity index (χ4n) is 2.74. The topological polar surface area (TPSA) is 53.4 Å². The van der Waals surface area contributed by atoms with Gasteiger partial charge in [0.1, 0.15) is 5.82 Å². The molecule has 1 N–H and O–H groups in total. The van der Waals surface area contributed by atoms with Crippen molar-refractivity contribution in [3.8, 4) is 0 Å². The van der Waals surface area contributed by atoms with Crippen LogP contribution in [0.2, 0.25) is 5.02 Å². The van der Waals surface area contributed by atoms with Crippen LogP contribution < -0.4 is 0 Å². The van der Waals surface area contributed by atoms with Crippen molar-refractivity contribution in [1.29, 1.82) is 0 Å². The Morgan fingerprint density at radius 2 is 2.05 bits per heavy atom. The summed E-state index contributed by atoms with van der Waals surface area (Å²) < 4.78 is 13.1. The SMILES string of the molecule is O=C(c1ccncc1Cl)N1C[C@@H](O)C[C@@H]1c1ccc(F)cc1. The Kier molecular flexibility index (Phi) is 4.09. The minimum Gasteiger partial charge on any atom is -0.391 e. The van der Waals surface area contributed by atoms with Gasteiger partial charge in [0, 0.05) is 18.9 Å². The van der Waals surface area contributed by atoms with Gasteiger partial charge in [0.25, 0.3) is 5.91 Å². The number of nitrogens with zero attached hydrogens (tertiary/aromatic N) is 2. The van der Waals surface area contributed by atoms with Crippen LogP contribution in [0.4, 0.5) is 4.39 Å². The molecule has 6 heteroatoms. The number of rotatable bonds is 2. The van der Waals surface area contributed by atoms with Gasteiger partial charge in [-0.2, -0.15) is 0 Å². The third-order valence-electron chi connectivity index (χ3n) is 3.80. The lowest BCUT2D eigenvalue weighted by atomic mass is 10.0. The minimum absolute atomic E-state index is 0.222. The van der Waals surface area contributed by atoms with Gasteiger partial charge in [-0.05, 0) is 30.2 Å². The lowest BCUT2D eigenvalue weighted by Gasteiger charge is -2.25. The number of carbonyl (C=O) groups is 1. The number of hydrogen-bond acceptors (Lipinski definition) is 3. The number of halogens is 2. The van der Waals surface area contributed by atoms with Crippen molar-refractivity contribution in [2.75, 3.05) is 6.54 Å². The quantitative estimate of drug-likeness (QED) is 0.925. The zero-order valence-corrected chi connectivity index (χ0v) is 12.4. The molecule has 0 spiro atoms. The van der Waals surface area contributed by atoms with E-state index in [9.17, 15) is 14.3 Å². The highest BCUT2D eigenvalue weighted by atomic mass is 35.5. The fraction of sp³-hybridized carbons (Fsp3) is 0.250. The molecule has 1 aliphatic rings. The van der Waals surface area contributed by atoms with E-state index in [0.717, 1.165) is 5.56 Å². The van der Waals surface area contributed by atoms with Gasteiger partial charge >= 0.3 is 0 Å². The first kappa shape index (κ1) is 14.9. The summed E-state index contributed by atoms with van der Waals surface area (Å²) in [6, 6.07) is 7.22. The number of pyridine rings is 1. The highest BCUT2D eigenvalue weighted by Gasteiger charge is 2.36. The van der Waals surface area contributed by atoms with Crippen LogP contribution in [0.25, 0.3) is 0 Å². The number of amides is 1. The number of aliphatic hydroxyl groups is 1. The van der Waals surface area contributed by atoms with Gasteiger partial charge in [-0.25, -0.2) is 4.39 Å². The molecule has 1 amide bonds. The summed E-state index contributed by atoms with van der Waals surface area (Å²) in [4.78, 5) is 18.1. The number of β-amino-alcohol motifs (C(OH)–C–C–N with tert-alkyl or cyclic N) is 1. The number of carbonyl (C=O) groups excluding carboxylic acids is 1. The van der Waals surface area contributed by atoms with Crippen LogP contribution in [-0.2, 0) is 0 Å². The molecular weight excluding hydrogens is 307 g/mol. The molecule has 114 valence electrons. The molecule has 0 aliphatic carbocycles. The summed E-state index contributed by atoms with van der Waals surface area (Å²) >= 11 is 6.03. The maximum atomic E-state index is 13.1. The Bertz CT molecular complexity index is 693. The molecule has 2 atom stereocenters. The Morgan fingerprint density at radius 1 is 1.32 bits per heavy atom. The summed E-state index contributed by atoms with van der Waals surface area (Å²) in [7, 11) is 0. The monoisotopic (exact) mass is 320 g/mol. The van der Waals surface area contributed by atoms with Crippen LogP contribution in [0, 0.1) is 5.82 Å². The second kappa shape index (κ2) is 6.02. The lowest BCUT2D eigenvalue weighted by molar-refractivity contribution is 0.0716. The van der Waals surface area contributed by atoms with Crippen molar-refractivity contribution in [3.05, 3.63) is 64.7 Å². The van der Waals surface area contributed by atoms with Crippen LogP contribution in [0.3, 0.4) is 0 Å². The van der Waals surface area contributed by atoms with E-state index in [-0.39, 0.29) is 29.3 Å². The lowest BCUT2D eigenvalue weighted by Crippen LogP contribution is -2.32. The largest absolute Gasteiger partial charge is 0.391 e. The van der Waals surface area contributed by atoms with Crippen molar-refractivity contribution >= 4 is 17.5 Å². The van der Waals surface area contributed by atoms with Gasteiger partial charge < -0.3 is 10.0 Å². The van der Waals surface area contributed by atoms with Crippen molar-refractivity contribution in [2.24, 2.45) is 0 Å². The van der Waals surface area contributed by atoms with Gasteiger partial charge in [-0.15, -0.1) is 0 Å². The summed E-state index contributed by atoms with van der Waals surface area (Å²) in [6.07, 6.45) is 2.71. The molecule has 22 heavy (non-hydrogen) atoms. The highest BCUT2D eigenvalue weighted by molar-refractivity contribution is 6.33. The molecule has 1 aliphatic heterocycles. The molecular formula is C16H14ClFN2O2. The van der Waals surface area contributed by atoms with Crippen molar-refractivity contribution in [3.63, 3.8) is 0 Å². The average Bonchev–Trinajstić information content (AvgIpc) is 2.90. The van der Waals surface area contributed by atoms with E-state index in [0.29, 0.717) is 12.0 Å². The fourth-order valence-corrected chi connectivity index (χ4v) is 2.94. The molecule has 0 bridgehead atoms. The van der Waals surface area contributed by atoms with E-state index in [2.05, 4.69) is 4.98 Å². The third kappa shape index (κ3) is 2.82. The normalized spacial score (nSPS) is 21.1. The summed E-state index contributed by atoms with van der Waals surface area (Å²) in [5, 5.41) is 10.2. The Hall–Kier alpha value is -1.98. The molecule has 2 aromatic rings. The molecule has 1 aromatic heterocycles. The molecule has 0 radical (unpaired) electrons. The predicted molar refractivity (Wildman–Crippen MR) is 80.0 cm³/mol. The first-order chi connectivity index (χ1) is 10.6. The van der Waals surface area contributed by atoms with Crippen LogP contribution in [-0.4, -0.2) is 33.5 Å². The van der Waals surface area contributed by atoms with Crippen LogP contribution >= 0.6 is 11.6 Å². The van der Waals surface area contributed by atoms with E-state index >= 15 is 0 Å². The first-order valence-electron chi connectivity index (χ1n) is 6.90. The molecule has 0 unspecified atom stereocenters. The zero-order valence-electron chi connectivity index (χ0n) is 11.6. The van der Waals surface area contributed by atoms with Gasteiger partial charge in [-0.3, -0.25) is 9.78 Å². The van der Waals surface area contributed by atoms with E-state index in [1.807, 2.05) is 0 Å². The smallest absolute Gasteiger partial charge is 0.256 e. The third-order valence-corrected chi connectivity index (χ3v) is 4.10. The summed E-state index contributed by atoms with van der Waals surface area (Å²) in [6.45, 7) is 0.222. The van der Waals surface area contributed by atoms with Gasteiger partial charge in [0.15, 0.2) is 0 Å². The molecule has 2 heterocycles. The minimum atomic E-state index is -0.611. The maximum Gasteiger partial charge on any atom is 0.256 e. The second-order valence-electron chi connectivity index (χ2n) is 5.27. The molecule has 1 saturated heterocycles. The van der Waals surface area contributed by atoms with Gasteiger partial charge in [0.05, 0.1) is 22.7 Å². The molecule has 4 nitrogen and oxygen atoms in total. The number of aliphatic hydroxyl groups excluding tert-OH is 1. The van der Waals surface area contributed by atoms with Crippen molar-refractivity contribution in [2.45, 2.75) is 18.6 Å². The molecule has 1 fully saturated rings. The predicted octanol–water partition coefficient (Wildman–Crippen LogP) is 2.82. The number of hydrogen-bond donors (Lipinski definition) is 1. The maximum absolute atomic E-state index is 13.1. The van der Waals surface area contributed by atoms with Crippen LogP contribution in [0.5, 0.6) is 0 Å². The molecule has 3 rings (SSSR count). The van der Waals surface area contributed by atoms with Crippen molar-refractivity contribution < 1.29 is 14.3 Å². The van der Waals surface area contributed by atoms with Crippen LogP contribution in [0.1, 0.15) is 28.4 Å². The standard InChI is InChI=1S/C16H14ClFN2O2/c17-14-8-19-6-5-13(14)16(22)20-9-12(21)7-15(20)10-1-3-11(18)4-2-10/h1-6,8,12,15,21H,7,9H2/t12-,15+/m0/s1. The van der Waals surface area contributed by atoms with Gasteiger partial charge in [-0.1, -0.05) is 23.7 Å². The number of aromatic nitrogens is 1. The Morgan fingerprint density at radius 3 is 2.73 bits per heavy atom. The second-order valence-corrected chi connectivity index (χ2v) is 5.68. The van der Waals surface area contributed by atoms with E-state index in [1.165, 1.54) is 24.5 Å². The Balaban J connectivity index is 1.92. The van der Waals surface area contributed by atoms with Crippen molar-refractivity contribution in [1.82, 2.24) is 9.88 Å². The molecule has 0 saturated carbocycles. The highest BCUT2D eigenvalue weighted by Crippen LogP contribution is 2.34. The van der Waals surface area contributed by atoms with E-state index < -0.39 is 6.10 Å². The zero-order chi connectivity index (χ0) is 15.7. The van der Waals surface area contributed by atoms with Gasteiger partial charge in [0.2, 0.25) is 0 Å². The first-order valence-corrected chi connectivity index (χ1v) is 7.28. The summed E-state index contributed by atoms with van der Waals surface area (Å²) in [5.74, 6) is -0.601. The Labute approximate surface area is 132 Å². The van der Waals surface area contributed by atoms with Crippen LogP contribution in [0.15, 0.2) is 42.7 Å². The number of likely N-dealkylation sites (tertiary alicyclic amines) is 1.